The summed E-state index contributed by atoms with van der Waals surface area (Å²) < 4.78 is 0. The maximum atomic E-state index is 5.87. The third-order valence-corrected chi connectivity index (χ3v) is 4.51. The van der Waals surface area contributed by atoms with E-state index in [-0.39, 0.29) is 24.0 Å². The minimum absolute atomic E-state index is 0. The zero-order valence-electron chi connectivity index (χ0n) is 13.3. The highest BCUT2D eigenvalue weighted by Crippen LogP contribution is 2.19. The number of thiophene rings is 1. The largest absolute Gasteiger partial charge is 0.370 e. The van der Waals surface area contributed by atoms with E-state index >= 15 is 0 Å². The van der Waals surface area contributed by atoms with Gasteiger partial charge in [0.05, 0.1) is 6.54 Å². The Morgan fingerprint density at radius 3 is 3.09 bits per heavy atom. The molecule has 1 aromatic rings. The normalized spacial score (nSPS) is 19.5. The minimum atomic E-state index is 0. The van der Waals surface area contributed by atoms with E-state index in [1.165, 1.54) is 24.3 Å². The SMILES string of the molecule is C=C(C)CN=C(N)NCC1CCCN(Cc2cccs2)C1.I. The van der Waals surface area contributed by atoms with Crippen LogP contribution in [0, 0.1) is 5.92 Å². The van der Waals surface area contributed by atoms with Crippen LogP contribution < -0.4 is 11.1 Å². The van der Waals surface area contributed by atoms with Crippen molar-refractivity contribution < 1.29 is 0 Å². The molecule has 0 spiro atoms. The molecule has 1 aliphatic rings. The molecule has 2 heterocycles. The lowest BCUT2D eigenvalue weighted by atomic mass is 9.98. The molecule has 1 aliphatic heterocycles. The van der Waals surface area contributed by atoms with Crippen LogP contribution in [0.15, 0.2) is 34.7 Å². The Labute approximate surface area is 154 Å². The molecule has 124 valence electrons. The van der Waals surface area contributed by atoms with Crippen molar-refractivity contribution in [1.82, 2.24) is 10.2 Å². The molecule has 1 saturated heterocycles. The predicted octanol–water partition coefficient (Wildman–Crippen LogP) is 3.06. The lowest BCUT2D eigenvalue weighted by Gasteiger charge is -2.32. The predicted molar refractivity (Wildman–Crippen MR) is 107 cm³/mol. The van der Waals surface area contributed by atoms with Crippen molar-refractivity contribution in [2.24, 2.45) is 16.6 Å². The number of nitrogens with two attached hydrogens (primary N) is 1. The van der Waals surface area contributed by atoms with Crippen molar-refractivity contribution in [1.29, 1.82) is 0 Å². The van der Waals surface area contributed by atoms with Crippen LogP contribution in [0.25, 0.3) is 0 Å². The molecular weight excluding hydrogens is 407 g/mol. The van der Waals surface area contributed by atoms with Crippen molar-refractivity contribution in [3.05, 3.63) is 34.5 Å². The maximum absolute atomic E-state index is 5.87. The standard InChI is InChI=1S/C16H26N4S.HI/c1-13(2)9-18-16(17)19-10-14-5-3-7-20(11-14)12-15-6-4-8-21-15;/h4,6,8,14H,1,3,5,7,9-12H2,2H3,(H3,17,18,19);1H. The molecule has 3 N–H and O–H groups in total. The van der Waals surface area contributed by atoms with Crippen LogP contribution in [0.5, 0.6) is 0 Å². The van der Waals surface area contributed by atoms with Crippen molar-refractivity contribution in [3.8, 4) is 0 Å². The molecule has 0 aromatic carbocycles. The van der Waals surface area contributed by atoms with Crippen molar-refractivity contribution in [3.63, 3.8) is 0 Å². The number of likely N-dealkylation sites (tertiary alicyclic amines) is 1. The number of guanidine groups is 1. The average molecular weight is 434 g/mol. The number of hydrogen-bond donors (Lipinski definition) is 2. The summed E-state index contributed by atoms with van der Waals surface area (Å²) >= 11 is 1.84. The van der Waals surface area contributed by atoms with E-state index < -0.39 is 0 Å². The van der Waals surface area contributed by atoms with Gasteiger partial charge in [0.15, 0.2) is 5.96 Å². The third-order valence-electron chi connectivity index (χ3n) is 3.65. The van der Waals surface area contributed by atoms with E-state index in [4.69, 9.17) is 5.73 Å². The Morgan fingerprint density at radius 2 is 2.41 bits per heavy atom. The Balaban J connectivity index is 0.00000242. The summed E-state index contributed by atoms with van der Waals surface area (Å²) in [6.45, 7) is 10.7. The molecule has 22 heavy (non-hydrogen) atoms. The topological polar surface area (TPSA) is 53.6 Å². The van der Waals surface area contributed by atoms with Gasteiger partial charge in [-0.25, -0.2) is 4.99 Å². The molecule has 1 fully saturated rings. The number of nitrogens with one attached hydrogen (secondary N) is 1. The summed E-state index contributed by atoms with van der Waals surface area (Å²) in [5.74, 6) is 1.19. The highest BCUT2D eigenvalue weighted by molar-refractivity contribution is 14.0. The van der Waals surface area contributed by atoms with E-state index in [0.717, 1.165) is 25.2 Å². The first-order chi connectivity index (χ1) is 10.1. The van der Waals surface area contributed by atoms with Gasteiger partial charge in [0.2, 0.25) is 0 Å². The fraction of sp³-hybridized carbons (Fsp3) is 0.562. The van der Waals surface area contributed by atoms with Crippen molar-refractivity contribution >= 4 is 41.3 Å². The summed E-state index contributed by atoms with van der Waals surface area (Å²) in [6, 6.07) is 4.34. The lowest BCUT2D eigenvalue weighted by Crippen LogP contribution is -2.42. The third kappa shape index (κ3) is 7.11. The van der Waals surface area contributed by atoms with Crippen LogP contribution in [0.1, 0.15) is 24.6 Å². The van der Waals surface area contributed by atoms with Crippen LogP contribution in [-0.2, 0) is 6.54 Å². The molecular formula is C16H27IN4S. The second kappa shape index (κ2) is 10.2. The molecule has 1 aromatic heterocycles. The number of halogens is 1. The van der Waals surface area contributed by atoms with E-state index in [1.807, 2.05) is 18.3 Å². The highest BCUT2D eigenvalue weighted by Gasteiger charge is 2.20. The van der Waals surface area contributed by atoms with E-state index in [2.05, 4.69) is 39.3 Å². The van der Waals surface area contributed by atoms with Crippen LogP contribution in [0.2, 0.25) is 0 Å². The number of rotatable bonds is 6. The molecule has 0 bridgehead atoms. The van der Waals surface area contributed by atoms with Crippen LogP contribution in [0.4, 0.5) is 0 Å². The first-order valence-corrected chi connectivity index (χ1v) is 8.44. The molecule has 0 radical (unpaired) electrons. The summed E-state index contributed by atoms with van der Waals surface area (Å²) in [5, 5.41) is 5.40. The number of aliphatic imine (C=N–C) groups is 1. The van der Waals surface area contributed by atoms with Gasteiger partial charge in [-0.2, -0.15) is 0 Å². The van der Waals surface area contributed by atoms with Gasteiger partial charge >= 0.3 is 0 Å². The van der Waals surface area contributed by atoms with Crippen LogP contribution in [-0.4, -0.2) is 37.0 Å². The summed E-state index contributed by atoms with van der Waals surface area (Å²) in [4.78, 5) is 8.25. The first-order valence-electron chi connectivity index (χ1n) is 7.56. The minimum Gasteiger partial charge on any atom is -0.370 e. The van der Waals surface area contributed by atoms with Gasteiger partial charge in [0.1, 0.15) is 0 Å². The summed E-state index contributed by atoms with van der Waals surface area (Å²) in [7, 11) is 0. The fourth-order valence-electron chi connectivity index (χ4n) is 2.61. The second-order valence-corrected chi connectivity index (χ2v) is 6.89. The van der Waals surface area contributed by atoms with Gasteiger partial charge in [-0.3, -0.25) is 4.90 Å². The van der Waals surface area contributed by atoms with Gasteiger partial charge < -0.3 is 11.1 Å². The molecule has 1 atom stereocenters. The zero-order valence-corrected chi connectivity index (χ0v) is 16.4. The Bertz CT molecular complexity index is 473. The Hall–Kier alpha value is -0.600. The smallest absolute Gasteiger partial charge is 0.188 e. The van der Waals surface area contributed by atoms with Gasteiger partial charge in [0.25, 0.3) is 0 Å². The molecule has 0 aliphatic carbocycles. The Kier molecular flexibility index (Phi) is 9.04. The van der Waals surface area contributed by atoms with Gasteiger partial charge in [-0.05, 0) is 43.7 Å². The fourth-order valence-corrected chi connectivity index (χ4v) is 3.36. The first kappa shape index (κ1) is 19.4. The molecule has 2 rings (SSSR count). The molecule has 4 nitrogen and oxygen atoms in total. The van der Waals surface area contributed by atoms with E-state index in [1.54, 1.807) is 0 Å². The van der Waals surface area contributed by atoms with Crippen molar-refractivity contribution in [2.45, 2.75) is 26.3 Å². The number of hydrogen-bond acceptors (Lipinski definition) is 3. The van der Waals surface area contributed by atoms with Gasteiger partial charge in [0, 0.05) is 24.5 Å². The average Bonchev–Trinajstić information content (AvgIpc) is 2.96. The Morgan fingerprint density at radius 1 is 1.59 bits per heavy atom. The van der Waals surface area contributed by atoms with Crippen molar-refractivity contribution in [2.75, 3.05) is 26.2 Å². The van der Waals surface area contributed by atoms with E-state index in [9.17, 15) is 0 Å². The summed E-state index contributed by atoms with van der Waals surface area (Å²) in [5.41, 5.74) is 6.90. The zero-order chi connectivity index (χ0) is 15.1. The highest BCUT2D eigenvalue weighted by atomic mass is 127. The van der Waals surface area contributed by atoms with Crippen LogP contribution >= 0.6 is 35.3 Å². The number of nitrogens with zero attached hydrogens (tertiary/aromatic N) is 2. The van der Waals surface area contributed by atoms with Crippen LogP contribution in [0.3, 0.4) is 0 Å². The molecule has 1 unspecified atom stereocenters. The quantitative estimate of drug-likeness (QED) is 0.313. The van der Waals surface area contributed by atoms with Gasteiger partial charge in [-0.15, -0.1) is 35.3 Å². The lowest BCUT2D eigenvalue weighted by molar-refractivity contribution is 0.169. The molecule has 0 amide bonds. The second-order valence-electron chi connectivity index (χ2n) is 5.86. The van der Waals surface area contributed by atoms with E-state index in [0.29, 0.717) is 18.4 Å². The maximum Gasteiger partial charge on any atom is 0.188 e. The summed E-state index contributed by atoms with van der Waals surface area (Å²) in [6.07, 6.45) is 2.53. The molecule has 6 heteroatoms. The number of piperidine rings is 1. The monoisotopic (exact) mass is 434 g/mol. The van der Waals surface area contributed by atoms with Gasteiger partial charge in [-0.1, -0.05) is 18.2 Å². The molecule has 0 saturated carbocycles.